The zero-order valence-electron chi connectivity index (χ0n) is 17.3. The number of amides is 1. The number of carbonyl (C=O) groups excluding carboxylic acids is 1. The van der Waals surface area contributed by atoms with E-state index in [2.05, 4.69) is 35.5 Å². The fraction of sp³-hybridized carbons (Fsp3) is 0.950. The number of hydrogen-bond donors (Lipinski definition) is 0. The molecule has 26 heavy (non-hydrogen) atoms. The smallest absolute Gasteiger partial charge is 0.219 e. The van der Waals surface area contributed by atoms with E-state index in [4.69, 9.17) is 9.47 Å². The average molecular weight is 370 g/mol. The van der Waals surface area contributed by atoms with Crippen LogP contribution in [0, 0.1) is 11.3 Å². The molecule has 0 aromatic rings. The van der Waals surface area contributed by atoms with Crippen LogP contribution < -0.4 is 0 Å². The zero-order valence-corrected chi connectivity index (χ0v) is 17.3. The van der Waals surface area contributed by atoms with Gasteiger partial charge in [0.05, 0.1) is 26.4 Å². The molecule has 1 atom stereocenters. The molecule has 0 bridgehead atoms. The van der Waals surface area contributed by atoms with E-state index >= 15 is 0 Å². The molecule has 2 saturated heterocycles. The van der Waals surface area contributed by atoms with Gasteiger partial charge < -0.3 is 14.4 Å². The van der Waals surface area contributed by atoms with Gasteiger partial charge in [-0.2, -0.15) is 0 Å². The lowest BCUT2D eigenvalue weighted by Crippen LogP contribution is -2.48. The molecule has 6 heteroatoms. The van der Waals surface area contributed by atoms with Gasteiger partial charge in [-0.05, 0) is 24.3 Å². The van der Waals surface area contributed by atoms with Gasteiger partial charge in [0.25, 0.3) is 0 Å². The highest BCUT2D eigenvalue weighted by Crippen LogP contribution is 2.21. The molecule has 2 aliphatic heterocycles. The second-order valence-corrected chi connectivity index (χ2v) is 8.80. The fourth-order valence-corrected chi connectivity index (χ4v) is 3.93. The molecule has 2 aliphatic rings. The van der Waals surface area contributed by atoms with Crippen LogP contribution in [0.2, 0.25) is 0 Å². The van der Waals surface area contributed by atoms with E-state index in [9.17, 15) is 4.79 Å². The van der Waals surface area contributed by atoms with Crippen LogP contribution in [0.3, 0.4) is 0 Å². The highest BCUT2D eigenvalue weighted by Gasteiger charge is 2.27. The predicted molar refractivity (Wildman–Crippen MR) is 104 cm³/mol. The van der Waals surface area contributed by atoms with Gasteiger partial charge in [0, 0.05) is 52.7 Å². The maximum absolute atomic E-state index is 12.2. The van der Waals surface area contributed by atoms with E-state index in [-0.39, 0.29) is 11.3 Å². The van der Waals surface area contributed by atoms with Gasteiger partial charge in [-0.3, -0.25) is 14.6 Å². The van der Waals surface area contributed by atoms with Crippen LogP contribution in [0.5, 0.6) is 0 Å². The Morgan fingerprint density at radius 2 is 1.58 bits per heavy atom. The lowest BCUT2D eigenvalue weighted by Gasteiger charge is -2.38. The Morgan fingerprint density at radius 3 is 2.12 bits per heavy atom. The maximum Gasteiger partial charge on any atom is 0.219 e. The summed E-state index contributed by atoms with van der Waals surface area (Å²) >= 11 is 0. The first-order valence-corrected chi connectivity index (χ1v) is 10.2. The van der Waals surface area contributed by atoms with Crippen molar-refractivity contribution in [3.63, 3.8) is 0 Å². The molecule has 0 aromatic heterocycles. The molecule has 6 nitrogen and oxygen atoms in total. The summed E-state index contributed by atoms with van der Waals surface area (Å²) in [5.41, 5.74) is 0.0902. The molecule has 2 rings (SSSR count). The normalized spacial score (nSPS) is 21.5. The number of carbonyl (C=O) groups is 1. The minimum absolute atomic E-state index is 0.0902. The molecule has 0 aromatic carbocycles. The second kappa shape index (κ2) is 10.6. The third-order valence-electron chi connectivity index (χ3n) is 5.39. The van der Waals surface area contributed by atoms with Crippen LogP contribution in [0.4, 0.5) is 0 Å². The van der Waals surface area contributed by atoms with E-state index < -0.39 is 0 Å². The van der Waals surface area contributed by atoms with Crippen molar-refractivity contribution in [1.82, 2.24) is 14.7 Å². The fourth-order valence-electron chi connectivity index (χ4n) is 3.93. The molecule has 0 spiro atoms. The third kappa shape index (κ3) is 7.91. The van der Waals surface area contributed by atoms with Gasteiger partial charge >= 0.3 is 0 Å². The Balaban J connectivity index is 1.77. The van der Waals surface area contributed by atoms with Crippen molar-refractivity contribution in [2.24, 2.45) is 11.3 Å². The van der Waals surface area contributed by atoms with Crippen LogP contribution in [0.25, 0.3) is 0 Å². The summed E-state index contributed by atoms with van der Waals surface area (Å²) in [4.78, 5) is 19.2. The molecule has 0 saturated carbocycles. The van der Waals surface area contributed by atoms with Gasteiger partial charge in [0.2, 0.25) is 5.91 Å². The van der Waals surface area contributed by atoms with E-state index in [1.165, 1.54) is 0 Å². The molecule has 2 fully saturated rings. The van der Waals surface area contributed by atoms with E-state index in [0.717, 1.165) is 85.2 Å². The zero-order chi connectivity index (χ0) is 19.0. The lowest BCUT2D eigenvalue weighted by atomic mass is 9.91. The number of morpholine rings is 2. The lowest BCUT2D eigenvalue weighted by molar-refractivity contribution is -0.131. The first kappa shape index (κ1) is 21.6. The van der Waals surface area contributed by atoms with Crippen molar-refractivity contribution in [2.45, 2.75) is 34.1 Å². The summed E-state index contributed by atoms with van der Waals surface area (Å²) in [6.07, 6.45) is 1.13. The largest absolute Gasteiger partial charge is 0.379 e. The Hall–Kier alpha value is -0.690. The average Bonchev–Trinajstić information content (AvgIpc) is 2.60. The van der Waals surface area contributed by atoms with Crippen LogP contribution in [-0.2, 0) is 14.3 Å². The van der Waals surface area contributed by atoms with Crippen molar-refractivity contribution in [3.8, 4) is 0 Å². The first-order valence-electron chi connectivity index (χ1n) is 10.2. The van der Waals surface area contributed by atoms with Crippen molar-refractivity contribution in [2.75, 3.05) is 78.8 Å². The number of ether oxygens (including phenoxy) is 2. The molecule has 1 amide bonds. The van der Waals surface area contributed by atoms with Crippen LogP contribution >= 0.6 is 0 Å². The van der Waals surface area contributed by atoms with Crippen molar-refractivity contribution in [1.29, 1.82) is 0 Å². The number of rotatable bonds is 9. The van der Waals surface area contributed by atoms with Gasteiger partial charge in [0.15, 0.2) is 0 Å². The summed E-state index contributed by atoms with van der Waals surface area (Å²) < 4.78 is 10.9. The molecule has 152 valence electrons. The predicted octanol–water partition coefficient (Wildman–Crippen LogP) is 1.55. The van der Waals surface area contributed by atoms with Crippen molar-refractivity contribution in [3.05, 3.63) is 0 Å². The minimum atomic E-state index is 0.0902. The van der Waals surface area contributed by atoms with Gasteiger partial charge in [-0.1, -0.05) is 20.8 Å². The van der Waals surface area contributed by atoms with Crippen molar-refractivity contribution >= 4 is 5.91 Å². The Kier molecular flexibility index (Phi) is 8.80. The minimum Gasteiger partial charge on any atom is -0.379 e. The molecule has 0 radical (unpaired) electrons. The maximum atomic E-state index is 12.2. The molecule has 0 aliphatic carbocycles. The van der Waals surface area contributed by atoms with Gasteiger partial charge in [-0.15, -0.1) is 0 Å². The topological polar surface area (TPSA) is 45.2 Å². The molecular weight excluding hydrogens is 330 g/mol. The Morgan fingerprint density at radius 1 is 1.04 bits per heavy atom. The molecule has 0 N–H and O–H groups in total. The third-order valence-corrected chi connectivity index (χ3v) is 5.39. The summed E-state index contributed by atoms with van der Waals surface area (Å²) in [6.45, 7) is 19.7. The summed E-state index contributed by atoms with van der Waals surface area (Å²) in [5.74, 6) is 0.708. The van der Waals surface area contributed by atoms with E-state index in [0.29, 0.717) is 5.92 Å². The Bertz CT molecular complexity index is 419. The van der Waals surface area contributed by atoms with Crippen LogP contribution in [-0.4, -0.2) is 99.4 Å². The highest BCUT2D eigenvalue weighted by atomic mass is 16.5. The monoisotopic (exact) mass is 369 g/mol. The molecular formula is C20H39N3O3. The van der Waals surface area contributed by atoms with Gasteiger partial charge in [0.1, 0.15) is 0 Å². The van der Waals surface area contributed by atoms with Crippen LogP contribution in [0.1, 0.15) is 34.1 Å². The molecule has 2 heterocycles. The van der Waals surface area contributed by atoms with Gasteiger partial charge in [-0.25, -0.2) is 0 Å². The van der Waals surface area contributed by atoms with E-state index in [1.807, 2.05) is 0 Å². The van der Waals surface area contributed by atoms with Crippen molar-refractivity contribution < 1.29 is 14.3 Å². The number of nitrogens with zero attached hydrogens (tertiary/aromatic N) is 3. The number of hydrogen-bond acceptors (Lipinski definition) is 5. The first-order chi connectivity index (χ1) is 12.4. The summed E-state index contributed by atoms with van der Waals surface area (Å²) in [5, 5.41) is 0. The highest BCUT2D eigenvalue weighted by molar-refractivity contribution is 5.73. The summed E-state index contributed by atoms with van der Waals surface area (Å²) in [6, 6.07) is 0. The molecule has 1 unspecified atom stereocenters. The van der Waals surface area contributed by atoms with Crippen LogP contribution in [0.15, 0.2) is 0 Å². The second-order valence-electron chi connectivity index (χ2n) is 8.80. The quantitative estimate of drug-likeness (QED) is 0.617. The SMILES string of the molecule is CC(=O)N(CC(C)CCN1CCOCC1)CC(C)(C)CN1CCOCC1. The summed E-state index contributed by atoms with van der Waals surface area (Å²) in [7, 11) is 0. The van der Waals surface area contributed by atoms with E-state index in [1.54, 1.807) is 6.92 Å². The standard InChI is InChI=1S/C20H39N3O3/c1-18(5-6-21-7-11-25-12-8-21)15-23(19(2)24)17-20(3,4)16-22-9-13-26-14-10-22/h18H,5-17H2,1-4H3. The Labute approximate surface area is 159 Å².